The predicted molar refractivity (Wildman–Crippen MR) is 109 cm³/mol. The Kier molecular flexibility index (Phi) is 5.66. The van der Waals surface area contributed by atoms with Crippen LogP contribution in [0.15, 0.2) is 70.5 Å². The average molecular weight is 462 g/mol. The second-order valence-electron chi connectivity index (χ2n) is 6.56. The van der Waals surface area contributed by atoms with E-state index in [1.807, 2.05) is 0 Å². The Morgan fingerprint density at radius 1 is 1.00 bits per heavy atom. The van der Waals surface area contributed by atoms with Crippen molar-refractivity contribution >= 4 is 29.0 Å². The fraction of sp³-hybridized carbons (Fsp3) is 0.0952. The molecule has 0 fully saturated rings. The number of ether oxygens (including phenoxy) is 2. The van der Waals surface area contributed by atoms with Crippen molar-refractivity contribution in [3.63, 3.8) is 0 Å². The summed E-state index contributed by atoms with van der Waals surface area (Å²) in [6, 6.07) is 13.4. The van der Waals surface area contributed by atoms with Gasteiger partial charge in [0.1, 0.15) is 0 Å². The number of hydrogen-bond acceptors (Lipinski definition) is 6. The van der Waals surface area contributed by atoms with Gasteiger partial charge in [-0.05, 0) is 36.4 Å². The molecule has 0 unspecified atom stereocenters. The van der Waals surface area contributed by atoms with E-state index < -0.39 is 28.3 Å². The Hall–Kier alpha value is -3.73. The van der Waals surface area contributed by atoms with Crippen molar-refractivity contribution in [3.8, 4) is 11.5 Å². The van der Waals surface area contributed by atoms with Gasteiger partial charge in [-0.25, -0.2) is 0 Å². The molecule has 0 aliphatic carbocycles. The summed E-state index contributed by atoms with van der Waals surface area (Å²) in [6.45, 7) is 0.0815. The zero-order valence-corrected chi connectivity index (χ0v) is 16.8. The number of amides is 1. The van der Waals surface area contributed by atoms with Crippen molar-refractivity contribution < 1.29 is 32.4 Å². The molecule has 3 aromatic carbocycles. The third-order valence-electron chi connectivity index (χ3n) is 4.47. The van der Waals surface area contributed by atoms with E-state index in [4.69, 9.17) is 9.47 Å². The third kappa shape index (κ3) is 4.47. The average Bonchev–Trinajstić information content (AvgIpc) is 3.21. The smallest absolute Gasteiger partial charge is 0.416 e. The monoisotopic (exact) mass is 462 g/mol. The summed E-state index contributed by atoms with van der Waals surface area (Å²) >= 11 is 0.833. The van der Waals surface area contributed by atoms with Gasteiger partial charge >= 0.3 is 6.18 Å². The first-order valence-electron chi connectivity index (χ1n) is 9.06. The first-order chi connectivity index (χ1) is 15.2. The lowest BCUT2D eigenvalue weighted by Crippen LogP contribution is -2.13. The van der Waals surface area contributed by atoms with Gasteiger partial charge in [0.25, 0.3) is 11.6 Å². The Balaban J connectivity index is 1.61. The minimum Gasteiger partial charge on any atom is -0.454 e. The summed E-state index contributed by atoms with van der Waals surface area (Å²) < 4.78 is 49.4. The number of carbonyl (C=O) groups is 1. The molecule has 1 N–H and O–H groups in total. The van der Waals surface area contributed by atoms with Crippen molar-refractivity contribution in [1.29, 1.82) is 0 Å². The maximum atomic E-state index is 13.0. The van der Waals surface area contributed by atoms with Gasteiger partial charge in [0.05, 0.1) is 20.9 Å². The van der Waals surface area contributed by atoms with Gasteiger partial charge in [-0.2, -0.15) is 13.2 Å². The maximum Gasteiger partial charge on any atom is 0.416 e. The second kappa shape index (κ2) is 8.42. The van der Waals surface area contributed by atoms with Crippen molar-refractivity contribution in [2.75, 3.05) is 12.1 Å². The summed E-state index contributed by atoms with van der Waals surface area (Å²) in [4.78, 5) is 23.7. The highest BCUT2D eigenvalue weighted by Gasteiger charge is 2.33. The molecule has 164 valence electrons. The molecule has 7 nitrogen and oxygen atoms in total. The molecular formula is C21H13F3N2O5S. The lowest BCUT2D eigenvalue weighted by atomic mass is 10.2. The lowest BCUT2D eigenvalue weighted by Gasteiger charge is -2.12. The van der Waals surface area contributed by atoms with Gasteiger partial charge in [0.15, 0.2) is 11.5 Å². The molecule has 1 aliphatic heterocycles. The number of nitro benzene ring substituents is 1. The van der Waals surface area contributed by atoms with E-state index in [9.17, 15) is 28.1 Å². The number of rotatable bonds is 5. The number of carbonyl (C=O) groups excluding carboxylic acids is 1. The first kappa shape index (κ1) is 21.5. The number of halogens is 3. The van der Waals surface area contributed by atoms with Crippen LogP contribution in [0.25, 0.3) is 0 Å². The highest BCUT2D eigenvalue weighted by atomic mass is 32.2. The number of nitrogens with one attached hydrogen (secondary N) is 1. The maximum absolute atomic E-state index is 13.0. The quantitative estimate of drug-likeness (QED) is 0.384. The topological polar surface area (TPSA) is 90.7 Å². The summed E-state index contributed by atoms with van der Waals surface area (Å²) in [5.41, 5.74) is -1.18. The van der Waals surface area contributed by atoms with Gasteiger partial charge in [-0.3, -0.25) is 14.9 Å². The molecule has 1 heterocycles. The predicted octanol–water partition coefficient (Wildman–Crippen LogP) is 5.75. The first-order valence-corrected chi connectivity index (χ1v) is 9.87. The summed E-state index contributed by atoms with van der Waals surface area (Å²) in [7, 11) is 0. The van der Waals surface area contributed by atoms with Crippen molar-refractivity contribution in [2.45, 2.75) is 16.0 Å². The van der Waals surface area contributed by atoms with Crippen LogP contribution >= 0.6 is 11.8 Å². The fourth-order valence-electron chi connectivity index (χ4n) is 2.96. The molecule has 1 aliphatic rings. The molecule has 0 aromatic heterocycles. The number of hydrogen-bond donors (Lipinski definition) is 1. The molecule has 3 aromatic rings. The Bertz CT molecular complexity index is 1220. The largest absolute Gasteiger partial charge is 0.454 e. The molecule has 0 bridgehead atoms. The highest BCUT2D eigenvalue weighted by molar-refractivity contribution is 7.99. The lowest BCUT2D eigenvalue weighted by molar-refractivity contribution is -0.388. The minimum absolute atomic E-state index is 0.0219. The normalized spacial score (nSPS) is 12.5. The Labute approximate surface area is 183 Å². The van der Waals surface area contributed by atoms with Gasteiger partial charge < -0.3 is 14.8 Å². The molecule has 11 heteroatoms. The van der Waals surface area contributed by atoms with Gasteiger partial charge in [0, 0.05) is 22.7 Å². The molecule has 0 saturated heterocycles. The minimum atomic E-state index is -4.71. The highest BCUT2D eigenvalue weighted by Crippen LogP contribution is 2.40. The molecule has 4 rings (SSSR count). The number of benzene rings is 3. The number of nitrogens with zero attached hydrogens (tertiary/aromatic N) is 1. The zero-order chi connectivity index (χ0) is 22.9. The van der Waals surface area contributed by atoms with Crippen LogP contribution in [-0.4, -0.2) is 17.6 Å². The molecule has 32 heavy (non-hydrogen) atoms. The number of anilines is 1. The van der Waals surface area contributed by atoms with E-state index in [1.54, 1.807) is 36.4 Å². The summed E-state index contributed by atoms with van der Waals surface area (Å²) in [5, 5.41) is 14.1. The van der Waals surface area contributed by atoms with Crippen LogP contribution in [0.3, 0.4) is 0 Å². The number of nitro groups is 1. The Morgan fingerprint density at radius 2 is 1.75 bits per heavy atom. The van der Waals surface area contributed by atoms with E-state index in [-0.39, 0.29) is 17.3 Å². The van der Waals surface area contributed by atoms with Crippen molar-refractivity contribution in [1.82, 2.24) is 0 Å². The molecule has 1 amide bonds. The fourth-order valence-corrected chi connectivity index (χ4v) is 3.99. The van der Waals surface area contributed by atoms with E-state index in [2.05, 4.69) is 5.32 Å². The molecule has 0 atom stereocenters. The number of alkyl halides is 3. The van der Waals surface area contributed by atoms with E-state index in [0.717, 1.165) is 23.9 Å². The standard InChI is InChI=1S/C21H13F3N2O5S/c22-21(23,24)12-5-8-19(15(9-12)26(28)29)32-18-4-2-1-3-14(18)20(27)25-13-6-7-16-17(10-13)31-11-30-16/h1-10H,11H2,(H,25,27). The SMILES string of the molecule is O=C(Nc1ccc2c(c1)OCO2)c1ccccc1Sc1ccc(C(F)(F)F)cc1[N+](=O)[O-]. The van der Waals surface area contributed by atoms with Crippen LogP contribution in [0.1, 0.15) is 15.9 Å². The number of fused-ring (bicyclic) bond motifs is 1. The van der Waals surface area contributed by atoms with Gasteiger partial charge in [-0.1, -0.05) is 23.9 Å². The van der Waals surface area contributed by atoms with Crippen LogP contribution in [0.4, 0.5) is 24.5 Å². The van der Waals surface area contributed by atoms with Crippen molar-refractivity contribution in [3.05, 3.63) is 81.9 Å². The van der Waals surface area contributed by atoms with Crippen LogP contribution in [0.2, 0.25) is 0 Å². The Morgan fingerprint density at radius 3 is 2.50 bits per heavy atom. The van der Waals surface area contributed by atoms with Crippen LogP contribution in [0.5, 0.6) is 11.5 Å². The molecule has 0 spiro atoms. The second-order valence-corrected chi connectivity index (χ2v) is 7.64. The van der Waals surface area contributed by atoms with Crippen molar-refractivity contribution in [2.24, 2.45) is 0 Å². The van der Waals surface area contributed by atoms with E-state index in [0.29, 0.717) is 28.1 Å². The van der Waals surface area contributed by atoms with Gasteiger partial charge in [-0.15, -0.1) is 0 Å². The van der Waals surface area contributed by atoms with Crippen LogP contribution in [-0.2, 0) is 6.18 Å². The molecule has 0 radical (unpaired) electrons. The molecular weight excluding hydrogens is 449 g/mol. The third-order valence-corrected chi connectivity index (χ3v) is 5.61. The molecule has 0 saturated carbocycles. The zero-order valence-electron chi connectivity index (χ0n) is 16.0. The van der Waals surface area contributed by atoms with E-state index in [1.165, 1.54) is 6.07 Å². The van der Waals surface area contributed by atoms with Crippen LogP contribution < -0.4 is 14.8 Å². The van der Waals surface area contributed by atoms with Crippen LogP contribution in [0, 0.1) is 10.1 Å². The van der Waals surface area contributed by atoms with E-state index >= 15 is 0 Å². The summed E-state index contributed by atoms with van der Waals surface area (Å²) in [5.74, 6) is 0.529. The van der Waals surface area contributed by atoms with Gasteiger partial charge in [0.2, 0.25) is 6.79 Å². The summed E-state index contributed by atoms with van der Waals surface area (Å²) in [6.07, 6.45) is -4.71.